The molecule has 4 heterocycles. The molecular weight excluding hydrogens is 707 g/mol. The molecule has 3 aromatic rings. The van der Waals surface area contributed by atoms with E-state index in [4.69, 9.17) is 9.73 Å². The van der Waals surface area contributed by atoms with E-state index in [0.29, 0.717) is 43.7 Å². The van der Waals surface area contributed by atoms with Gasteiger partial charge in [0.1, 0.15) is 12.1 Å². The highest BCUT2D eigenvalue weighted by molar-refractivity contribution is 7.09. The molecule has 2 amide bonds. The van der Waals surface area contributed by atoms with Crippen molar-refractivity contribution in [1.82, 2.24) is 30.2 Å². The first-order valence-electron chi connectivity index (χ1n) is 20.6. The largest absolute Gasteiger partial charge is 0.455 e. The lowest BCUT2D eigenvalue weighted by Crippen LogP contribution is -2.64. The third-order valence-corrected chi connectivity index (χ3v) is 13.1. The number of amidine groups is 1. The van der Waals surface area contributed by atoms with Crippen LogP contribution in [-0.2, 0) is 27.4 Å². The Morgan fingerprint density at radius 2 is 1.73 bits per heavy atom. The predicted molar refractivity (Wildman–Crippen MR) is 221 cm³/mol. The first kappa shape index (κ1) is 39.5. The van der Waals surface area contributed by atoms with Crippen molar-refractivity contribution in [3.05, 3.63) is 94.2 Å². The first-order valence-corrected chi connectivity index (χ1v) is 21.5. The summed E-state index contributed by atoms with van der Waals surface area (Å²) in [5.41, 5.74) is 2.85. The number of nitrogens with zero attached hydrogens (tertiary/aromatic N) is 5. The van der Waals surface area contributed by atoms with Gasteiger partial charge in [-0.2, -0.15) is 0 Å². The standard InChI is InChI=1S/C44H61N7O3S/c1-33-40(35-15-8-5-9-16-35)54-43(46-33)50-26-27-51(39(31-50)41(52)45-29-37-17-12-28-55-37)42(53)38(18-10-11-24-48(2)3)47-36-19-21-44(22-20-36)23-25-49(32-44)30-34-13-6-4-7-14-34/h4-9,12-17,28,33,36,38-40,47H,10-11,18-27,29-32H2,1-3H3,(H,45,52)/t33-,36?,38+,39-,40+,44?/m0/s1. The maximum atomic E-state index is 14.8. The average molecular weight is 768 g/mol. The topological polar surface area (TPSA) is 92.8 Å². The van der Waals surface area contributed by atoms with Crippen LogP contribution >= 0.6 is 11.3 Å². The van der Waals surface area contributed by atoms with E-state index in [1.165, 1.54) is 24.8 Å². The minimum absolute atomic E-state index is 0.0424. The van der Waals surface area contributed by atoms with Crippen molar-refractivity contribution in [2.45, 2.75) is 102 Å². The number of rotatable bonds is 14. The van der Waals surface area contributed by atoms with Crippen molar-refractivity contribution < 1.29 is 14.3 Å². The second kappa shape index (κ2) is 18.4. The van der Waals surface area contributed by atoms with E-state index in [1.807, 2.05) is 40.6 Å². The van der Waals surface area contributed by atoms with Gasteiger partial charge in [0.25, 0.3) is 6.02 Å². The molecule has 0 bridgehead atoms. The van der Waals surface area contributed by atoms with Gasteiger partial charge in [-0.3, -0.25) is 14.5 Å². The number of hydrogen-bond acceptors (Lipinski definition) is 9. The lowest BCUT2D eigenvalue weighted by atomic mass is 9.72. The number of aliphatic imine (C=N–C) groups is 1. The number of benzene rings is 2. The van der Waals surface area contributed by atoms with Crippen molar-refractivity contribution in [3.63, 3.8) is 0 Å². The Bertz CT molecular complexity index is 1700. The zero-order valence-corrected chi connectivity index (χ0v) is 33.9. The number of amides is 2. The number of piperazine rings is 1. The van der Waals surface area contributed by atoms with Crippen molar-refractivity contribution in [2.75, 3.05) is 53.4 Å². The third-order valence-electron chi connectivity index (χ3n) is 12.3. The molecule has 10 nitrogen and oxygen atoms in total. The van der Waals surface area contributed by atoms with E-state index < -0.39 is 6.04 Å². The van der Waals surface area contributed by atoms with Gasteiger partial charge in [-0.05, 0) is 107 Å². The van der Waals surface area contributed by atoms with Gasteiger partial charge in [-0.1, -0.05) is 73.2 Å². The van der Waals surface area contributed by atoms with Crippen LogP contribution < -0.4 is 10.6 Å². The average Bonchev–Trinajstić information content (AvgIpc) is 3.97. The molecule has 2 aromatic carbocycles. The number of carbonyl (C=O) groups is 2. The summed E-state index contributed by atoms with van der Waals surface area (Å²) in [6.07, 6.45) is 8.35. The Labute approximate surface area is 332 Å². The Kier molecular flexibility index (Phi) is 13.2. The van der Waals surface area contributed by atoms with Crippen LogP contribution in [0.2, 0.25) is 0 Å². The monoisotopic (exact) mass is 767 g/mol. The molecule has 3 fully saturated rings. The summed E-state index contributed by atoms with van der Waals surface area (Å²) in [7, 11) is 4.20. The van der Waals surface area contributed by atoms with E-state index in [9.17, 15) is 9.59 Å². The summed E-state index contributed by atoms with van der Waals surface area (Å²) >= 11 is 1.62. The van der Waals surface area contributed by atoms with Crippen LogP contribution in [0.25, 0.3) is 0 Å². The molecule has 7 rings (SSSR count). The number of unbranched alkanes of at least 4 members (excludes halogenated alkanes) is 1. The van der Waals surface area contributed by atoms with Gasteiger partial charge in [0.2, 0.25) is 11.8 Å². The molecule has 296 valence electrons. The van der Waals surface area contributed by atoms with Gasteiger partial charge < -0.3 is 30.1 Å². The summed E-state index contributed by atoms with van der Waals surface area (Å²) in [4.78, 5) is 43.7. The van der Waals surface area contributed by atoms with E-state index in [-0.39, 0.29) is 30.0 Å². The Balaban J connectivity index is 1.02. The highest BCUT2D eigenvalue weighted by atomic mass is 32.1. The summed E-state index contributed by atoms with van der Waals surface area (Å²) in [5.74, 6) is -0.0919. The fourth-order valence-electron chi connectivity index (χ4n) is 9.13. The summed E-state index contributed by atoms with van der Waals surface area (Å²) in [6.45, 7) is 8.18. The van der Waals surface area contributed by atoms with E-state index in [0.717, 1.165) is 68.7 Å². The van der Waals surface area contributed by atoms with Crippen LogP contribution in [0.5, 0.6) is 0 Å². The van der Waals surface area contributed by atoms with E-state index in [2.05, 4.69) is 88.8 Å². The number of carbonyl (C=O) groups excluding carboxylic acids is 2. The molecule has 1 aromatic heterocycles. The molecule has 11 heteroatoms. The molecule has 0 unspecified atom stereocenters. The zero-order chi connectivity index (χ0) is 38.2. The molecule has 1 spiro atoms. The van der Waals surface area contributed by atoms with Crippen LogP contribution in [0.3, 0.4) is 0 Å². The van der Waals surface area contributed by atoms with Gasteiger partial charge >= 0.3 is 0 Å². The molecule has 4 aliphatic rings. The molecular formula is C44H61N7O3S. The predicted octanol–water partition coefficient (Wildman–Crippen LogP) is 5.92. The summed E-state index contributed by atoms with van der Waals surface area (Å²) in [5, 5.41) is 9.08. The maximum Gasteiger partial charge on any atom is 0.288 e. The first-order chi connectivity index (χ1) is 26.7. The molecule has 2 saturated heterocycles. The maximum absolute atomic E-state index is 14.8. The van der Waals surface area contributed by atoms with Gasteiger partial charge in [0.05, 0.1) is 25.2 Å². The second-order valence-corrected chi connectivity index (χ2v) is 17.7. The highest BCUT2D eigenvalue weighted by Crippen LogP contribution is 2.44. The highest BCUT2D eigenvalue weighted by Gasteiger charge is 2.44. The molecule has 1 saturated carbocycles. The fourth-order valence-corrected chi connectivity index (χ4v) is 9.77. The Hall–Kier alpha value is -3.77. The van der Waals surface area contributed by atoms with Gasteiger partial charge in [0.15, 0.2) is 0 Å². The van der Waals surface area contributed by atoms with Gasteiger partial charge in [-0.25, -0.2) is 4.99 Å². The Morgan fingerprint density at radius 1 is 0.964 bits per heavy atom. The molecule has 4 atom stereocenters. The fraction of sp³-hybridized carbons (Fsp3) is 0.568. The van der Waals surface area contributed by atoms with Gasteiger partial charge in [-0.15, -0.1) is 11.3 Å². The quantitative estimate of drug-likeness (QED) is 0.197. The van der Waals surface area contributed by atoms with Gasteiger partial charge in [0, 0.05) is 37.1 Å². The molecule has 55 heavy (non-hydrogen) atoms. The van der Waals surface area contributed by atoms with Crippen LogP contribution in [0.1, 0.15) is 80.4 Å². The van der Waals surface area contributed by atoms with Crippen molar-refractivity contribution in [1.29, 1.82) is 0 Å². The van der Waals surface area contributed by atoms with E-state index in [1.54, 1.807) is 11.3 Å². The van der Waals surface area contributed by atoms with Crippen LogP contribution in [0.15, 0.2) is 83.2 Å². The van der Waals surface area contributed by atoms with E-state index >= 15 is 0 Å². The zero-order valence-electron chi connectivity index (χ0n) is 33.1. The smallest absolute Gasteiger partial charge is 0.288 e. The summed E-state index contributed by atoms with van der Waals surface area (Å²) < 4.78 is 6.47. The summed E-state index contributed by atoms with van der Waals surface area (Å²) in [6, 6.07) is 24.9. The lowest BCUT2D eigenvalue weighted by Gasteiger charge is -2.43. The second-order valence-electron chi connectivity index (χ2n) is 16.6. The number of nitrogens with one attached hydrogen (secondary N) is 2. The SMILES string of the molecule is C[C@@H]1N=C(N2CCN(C(=O)[C@@H](CCCCN(C)C)NC3CCC4(CC3)CCN(Cc3ccccc3)C4)[C@H](C(=O)NCc3cccs3)C2)O[C@H]1c1ccccc1. The molecule has 0 radical (unpaired) electrons. The molecule has 2 N–H and O–H groups in total. The number of hydrogen-bond donors (Lipinski definition) is 2. The lowest BCUT2D eigenvalue weighted by molar-refractivity contribution is -0.145. The molecule has 3 aliphatic heterocycles. The van der Waals surface area contributed by atoms with Crippen LogP contribution in [-0.4, -0.2) is 115 Å². The number of thiophene rings is 1. The Morgan fingerprint density at radius 3 is 2.45 bits per heavy atom. The van der Waals surface area contributed by atoms with Crippen LogP contribution in [0.4, 0.5) is 0 Å². The van der Waals surface area contributed by atoms with Crippen LogP contribution in [0, 0.1) is 5.41 Å². The van der Waals surface area contributed by atoms with Crippen molar-refractivity contribution in [3.8, 4) is 0 Å². The minimum Gasteiger partial charge on any atom is -0.455 e. The number of likely N-dealkylation sites (tertiary alicyclic amines) is 1. The van der Waals surface area contributed by atoms with Crippen molar-refractivity contribution >= 4 is 29.2 Å². The minimum atomic E-state index is -0.659. The number of ether oxygens (including phenoxy) is 1. The normalized spacial score (nSPS) is 26.3. The van der Waals surface area contributed by atoms with Crippen molar-refractivity contribution in [2.24, 2.45) is 10.4 Å². The molecule has 1 aliphatic carbocycles. The third kappa shape index (κ3) is 10.2.